The molecule has 2 aliphatic rings. The molecule has 4 atom stereocenters. The van der Waals surface area contributed by atoms with E-state index >= 15 is 0 Å². The van der Waals surface area contributed by atoms with E-state index in [0.29, 0.717) is 42.1 Å². The topological polar surface area (TPSA) is 99.2 Å². The summed E-state index contributed by atoms with van der Waals surface area (Å²) in [6, 6.07) is 23.0. The van der Waals surface area contributed by atoms with Gasteiger partial charge >= 0.3 is 0 Å². The van der Waals surface area contributed by atoms with Gasteiger partial charge in [0, 0.05) is 29.6 Å². The van der Waals surface area contributed by atoms with Crippen LogP contribution in [0.15, 0.2) is 83.8 Å². The van der Waals surface area contributed by atoms with Gasteiger partial charge in [0.25, 0.3) is 11.8 Å². The smallest absolute Gasteiger partial charge is 0.261 e. The molecule has 5 rings (SSSR count). The molecule has 8 nitrogen and oxygen atoms in total. The minimum atomic E-state index is -3.12. The summed E-state index contributed by atoms with van der Waals surface area (Å²) in [4.78, 5) is 28.4. The Balaban J connectivity index is 1.41. The number of rotatable bonds is 6. The molecule has 0 radical (unpaired) electrons. The Morgan fingerprint density at radius 2 is 1.66 bits per heavy atom. The van der Waals surface area contributed by atoms with Crippen molar-refractivity contribution in [2.24, 2.45) is 5.92 Å². The highest BCUT2D eigenvalue weighted by Crippen LogP contribution is 2.40. The molecule has 3 aromatic rings. The summed E-state index contributed by atoms with van der Waals surface area (Å²) in [7, 11) is -1.57. The van der Waals surface area contributed by atoms with E-state index in [2.05, 4.69) is 5.87 Å². The third-order valence-corrected chi connectivity index (χ3v) is 9.80. The summed E-state index contributed by atoms with van der Waals surface area (Å²) in [6.07, 6.45) is 1.08. The van der Waals surface area contributed by atoms with Crippen molar-refractivity contribution in [2.75, 3.05) is 20.2 Å². The Morgan fingerprint density at radius 1 is 1.00 bits per heavy atom. The molecule has 198 valence electrons. The fourth-order valence-electron chi connectivity index (χ4n) is 5.60. The Morgan fingerprint density at radius 3 is 2.29 bits per heavy atom. The van der Waals surface area contributed by atoms with E-state index in [0.717, 1.165) is 11.1 Å². The monoisotopic (exact) mass is 533 g/mol. The van der Waals surface area contributed by atoms with Crippen LogP contribution in [0.3, 0.4) is 0 Å². The van der Waals surface area contributed by atoms with Crippen molar-refractivity contribution >= 4 is 27.4 Å². The van der Waals surface area contributed by atoms with Crippen molar-refractivity contribution in [2.45, 2.75) is 29.8 Å². The zero-order valence-corrected chi connectivity index (χ0v) is 22.0. The summed E-state index contributed by atoms with van der Waals surface area (Å²) >= 11 is 0. The molecule has 0 bridgehead atoms. The minimum absolute atomic E-state index is 0.0302. The van der Waals surface area contributed by atoms with Gasteiger partial charge in [0.2, 0.25) is 0 Å². The molecule has 0 saturated carbocycles. The van der Waals surface area contributed by atoms with E-state index in [9.17, 15) is 19.0 Å². The number of nitrogens with zero attached hydrogens (tertiary/aromatic N) is 2. The maximum absolute atomic E-state index is 14.2. The molecule has 2 fully saturated rings. The van der Waals surface area contributed by atoms with Gasteiger partial charge in [-0.05, 0) is 72.2 Å². The van der Waals surface area contributed by atoms with Gasteiger partial charge < -0.3 is 9.64 Å². The number of ether oxygens (including phenoxy) is 1. The molecule has 2 saturated heterocycles. The maximum Gasteiger partial charge on any atom is 0.261 e. The first-order valence-electron chi connectivity index (χ1n) is 12.5. The van der Waals surface area contributed by atoms with E-state index in [1.54, 1.807) is 46.1 Å². The van der Waals surface area contributed by atoms with Gasteiger partial charge in [-0.25, -0.2) is 14.0 Å². The van der Waals surface area contributed by atoms with Crippen LogP contribution >= 0.6 is 0 Å². The van der Waals surface area contributed by atoms with Crippen LogP contribution in [0.5, 0.6) is 5.75 Å². The first-order chi connectivity index (χ1) is 18.3. The van der Waals surface area contributed by atoms with Crippen molar-refractivity contribution in [1.82, 2.24) is 14.7 Å². The number of likely N-dealkylation sites (tertiary alicyclic amines) is 1. The molecule has 3 aromatic carbocycles. The third-order valence-electron chi connectivity index (χ3n) is 7.59. The fraction of sp³-hybridized carbons (Fsp3) is 0.276. The average molecular weight is 534 g/mol. The quantitative estimate of drug-likeness (QED) is 0.287. The van der Waals surface area contributed by atoms with Gasteiger partial charge in [0.15, 0.2) is 0 Å². The first kappa shape index (κ1) is 26.0. The lowest BCUT2D eigenvalue weighted by Gasteiger charge is -2.40. The van der Waals surface area contributed by atoms with Crippen molar-refractivity contribution in [3.05, 3.63) is 84.4 Å². The Labute approximate surface area is 222 Å². The number of piperidine rings is 1. The van der Waals surface area contributed by atoms with Crippen LogP contribution < -0.4 is 10.2 Å². The van der Waals surface area contributed by atoms with Crippen LogP contribution in [0.4, 0.5) is 0 Å². The zero-order valence-electron chi connectivity index (χ0n) is 21.2. The Bertz CT molecular complexity index is 1410. The molecular weight excluding hydrogens is 502 g/mol. The van der Waals surface area contributed by atoms with Crippen molar-refractivity contribution in [3.8, 4) is 16.9 Å². The fourth-order valence-corrected chi connectivity index (χ4v) is 7.67. The van der Waals surface area contributed by atoms with E-state index < -0.39 is 21.7 Å². The van der Waals surface area contributed by atoms with Gasteiger partial charge in [-0.1, -0.05) is 42.5 Å². The number of hydrogen-bond acceptors (Lipinski definition) is 5. The van der Waals surface area contributed by atoms with E-state index in [-0.39, 0.29) is 17.9 Å². The molecule has 2 N–H and O–H groups in total. The second-order valence-corrected chi connectivity index (χ2v) is 11.9. The van der Waals surface area contributed by atoms with E-state index in [4.69, 9.17) is 4.74 Å². The predicted octanol–water partition coefficient (Wildman–Crippen LogP) is 3.46. The number of hydroxylamine groups is 1. The number of carbonyl (C=O) groups is 2. The van der Waals surface area contributed by atoms with Gasteiger partial charge in [0.05, 0.1) is 16.8 Å². The summed E-state index contributed by atoms with van der Waals surface area (Å²) in [5, 5.41) is 9.42. The lowest BCUT2D eigenvalue weighted by Crippen LogP contribution is -2.54. The summed E-state index contributed by atoms with van der Waals surface area (Å²) in [6.45, 7) is 0.838. The van der Waals surface area contributed by atoms with Crippen LogP contribution in [0.25, 0.3) is 11.1 Å². The van der Waals surface area contributed by atoms with Crippen LogP contribution in [-0.4, -0.2) is 68.6 Å². The second-order valence-electron chi connectivity index (χ2n) is 9.71. The molecule has 0 spiro atoms. The summed E-state index contributed by atoms with van der Waals surface area (Å²) in [5.74, 6) is 3.95. The predicted molar refractivity (Wildman–Crippen MR) is 146 cm³/mol. The molecule has 2 heterocycles. The van der Waals surface area contributed by atoms with E-state index in [1.165, 1.54) is 0 Å². The highest BCUT2D eigenvalue weighted by molar-refractivity contribution is 7.98. The SMILES string of the molecule is C=S(=O)(c1ccc(OC)cc1)N1[C@H](C(=O)NO)C[C@@H]2CCN(C(=O)c3ccc(-c4ccccc4)cc3)C[C@@H]21. The highest BCUT2D eigenvalue weighted by atomic mass is 32.2. The largest absolute Gasteiger partial charge is 0.497 e. The van der Waals surface area contributed by atoms with Crippen molar-refractivity contribution in [3.63, 3.8) is 0 Å². The highest BCUT2D eigenvalue weighted by Gasteiger charge is 2.50. The number of benzene rings is 3. The summed E-state index contributed by atoms with van der Waals surface area (Å²) < 4.78 is 21.0. The first-order valence-corrected chi connectivity index (χ1v) is 14.2. The van der Waals surface area contributed by atoms with E-state index in [1.807, 2.05) is 54.6 Å². The third kappa shape index (κ3) is 4.80. The molecule has 2 amide bonds. The van der Waals surface area contributed by atoms with Gasteiger partial charge in [-0.3, -0.25) is 14.8 Å². The number of nitrogens with one attached hydrogen (secondary N) is 1. The average Bonchev–Trinajstić information content (AvgIpc) is 3.37. The molecule has 38 heavy (non-hydrogen) atoms. The van der Waals surface area contributed by atoms with Crippen molar-refractivity contribution in [1.29, 1.82) is 0 Å². The minimum Gasteiger partial charge on any atom is -0.497 e. The molecule has 9 heteroatoms. The number of hydrogen-bond donors (Lipinski definition) is 2. The number of methoxy groups -OCH3 is 1. The molecule has 2 aliphatic heterocycles. The molecule has 1 unspecified atom stereocenters. The van der Waals surface area contributed by atoms with Crippen LogP contribution in [0, 0.1) is 5.92 Å². The Kier molecular flexibility index (Phi) is 7.25. The van der Waals surface area contributed by atoms with Crippen LogP contribution in [-0.2, 0) is 14.5 Å². The van der Waals surface area contributed by atoms with Gasteiger partial charge in [0.1, 0.15) is 11.8 Å². The van der Waals surface area contributed by atoms with Crippen LogP contribution in [0.1, 0.15) is 23.2 Å². The standard InChI is InChI=1S/C29H31N3O5S/c1-37-24-12-14-25(15-13-24)38(2,36)32-26(28(33)30-35)18-23-16-17-31(19-27(23)32)29(34)22-10-8-21(9-11-22)20-6-4-3-5-7-20/h3-15,23,26-27,35H,2,16-19H2,1H3,(H,30,33)/t23-,26-,27-,38?/m0/s1. The Hall–Kier alpha value is -3.66. The van der Waals surface area contributed by atoms with Crippen LogP contribution in [0.2, 0.25) is 0 Å². The van der Waals surface area contributed by atoms with Crippen molar-refractivity contribution < 1.29 is 23.7 Å². The molecule has 0 aliphatic carbocycles. The number of carbonyl (C=O) groups excluding carboxylic acids is 2. The number of fused-ring (bicyclic) bond motifs is 1. The second kappa shape index (κ2) is 10.6. The molecule has 0 aromatic heterocycles. The lowest BCUT2D eigenvalue weighted by molar-refractivity contribution is -0.132. The normalized spacial score (nSPS) is 22.8. The molecular formula is C29H31N3O5S. The lowest BCUT2D eigenvalue weighted by atomic mass is 9.91. The van der Waals surface area contributed by atoms with Gasteiger partial charge in [-0.15, -0.1) is 0 Å². The summed E-state index contributed by atoms with van der Waals surface area (Å²) in [5.41, 5.74) is 4.40. The van der Waals surface area contributed by atoms with Gasteiger partial charge in [-0.2, -0.15) is 0 Å². The maximum atomic E-state index is 14.2. The number of amides is 2. The zero-order chi connectivity index (χ0) is 26.9.